The fourth-order valence-corrected chi connectivity index (χ4v) is 2.19. The molecule has 0 unspecified atom stereocenters. The lowest BCUT2D eigenvalue weighted by Gasteiger charge is -2.09. The van der Waals surface area contributed by atoms with Gasteiger partial charge in [0.2, 0.25) is 0 Å². The molecule has 0 aliphatic carbocycles. The van der Waals surface area contributed by atoms with Crippen molar-refractivity contribution >= 4 is 23.0 Å². The lowest BCUT2D eigenvalue weighted by atomic mass is 10.0. The number of amides is 1. The molecule has 0 saturated carbocycles. The van der Waals surface area contributed by atoms with Crippen LogP contribution in [0.25, 0.3) is 5.57 Å². The van der Waals surface area contributed by atoms with E-state index in [9.17, 15) is 9.59 Å². The number of Topliss-reactive ketones (excluding diaryl/α,β-unsaturated/α-hetero) is 1. The molecule has 0 aromatic heterocycles. The molecule has 1 aliphatic rings. The number of allylic oxidation sites excluding steroid dienone is 1. The summed E-state index contributed by atoms with van der Waals surface area (Å²) < 4.78 is 5.54. The third-order valence-electron chi connectivity index (χ3n) is 3.09. The summed E-state index contributed by atoms with van der Waals surface area (Å²) in [6, 6.07) is 5.23. The second-order valence-electron chi connectivity index (χ2n) is 4.36. The Bertz CT molecular complexity index is 573. The maximum absolute atomic E-state index is 12.1. The summed E-state index contributed by atoms with van der Waals surface area (Å²) in [5.41, 5.74) is 2.63. The average molecular weight is 259 g/mol. The second kappa shape index (κ2) is 5.26. The molecule has 1 heterocycles. The van der Waals surface area contributed by atoms with Gasteiger partial charge in [0, 0.05) is 23.2 Å². The Hall–Kier alpha value is -2.10. The van der Waals surface area contributed by atoms with E-state index >= 15 is 0 Å². The highest BCUT2D eigenvalue weighted by Crippen LogP contribution is 2.35. The van der Waals surface area contributed by atoms with Crippen LogP contribution in [0.4, 0.5) is 5.69 Å². The lowest BCUT2D eigenvalue weighted by Crippen LogP contribution is -2.07. The summed E-state index contributed by atoms with van der Waals surface area (Å²) >= 11 is 0. The summed E-state index contributed by atoms with van der Waals surface area (Å²) in [5, 5.41) is 2.80. The fraction of sp³-hybridized carbons (Fsp3) is 0.333. The van der Waals surface area contributed by atoms with E-state index in [1.54, 1.807) is 18.2 Å². The predicted octanol–water partition coefficient (Wildman–Crippen LogP) is 3.00. The average Bonchev–Trinajstić information content (AvgIpc) is 2.71. The quantitative estimate of drug-likeness (QED) is 0.513. The maximum atomic E-state index is 12.1. The zero-order valence-electron chi connectivity index (χ0n) is 11.4. The minimum atomic E-state index is -0.166. The first-order valence-corrected chi connectivity index (χ1v) is 6.41. The Balaban J connectivity index is 2.58. The first-order chi connectivity index (χ1) is 9.08. The van der Waals surface area contributed by atoms with E-state index in [2.05, 4.69) is 5.32 Å². The van der Waals surface area contributed by atoms with Crippen molar-refractivity contribution < 1.29 is 14.3 Å². The van der Waals surface area contributed by atoms with E-state index in [0.717, 1.165) is 11.3 Å². The van der Waals surface area contributed by atoms with Gasteiger partial charge in [-0.2, -0.15) is 0 Å². The number of carbonyl (C=O) groups is 2. The zero-order valence-corrected chi connectivity index (χ0v) is 11.4. The normalized spacial score (nSPS) is 15.8. The highest BCUT2D eigenvalue weighted by Gasteiger charge is 2.28. The first-order valence-electron chi connectivity index (χ1n) is 6.41. The molecule has 1 aliphatic heterocycles. The van der Waals surface area contributed by atoms with Crippen LogP contribution < -0.4 is 5.32 Å². The standard InChI is InChI=1S/C15H17NO3/c1-4-13(19-5-2)14-11-8-10(9(3)17)6-7-12(11)16-15(14)18/h6-8H,4-5H2,1-3H3,(H,16,18)/b14-13-. The highest BCUT2D eigenvalue weighted by atomic mass is 16.5. The molecule has 0 fully saturated rings. The number of hydrogen-bond acceptors (Lipinski definition) is 3. The SMILES string of the molecule is CCO/C(CC)=C1\C(=O)Nc2ccc(C(C)=O)cc21. The first kappa shape index (κ1) is 13.3. The third kappa shape index (κ3) is 2.38. The van der Waals surface area contributed by atoms with E-state index in [1.807, 2.05) is 13.8 Å². The van der Waals surface area contributed by atoms with E-state index < -0.39 is 0 Å². The summed E-state index contributed by atoms with van der Waals surface area (Å²) in [6.45, 7) is 5.86. The number of anilines is 1. The third-order valence-corrected chi connectivity index (χ3v) is 3.09. The molecule has 0 radical (unpaired) electrons. The second-order valence-corrected chi connectivity index (χ2v) is 4.36. The number of carbonyl (C=O) groups excluding carboxylic acids is 2. The summed E-state index contributed by atoms with van der Waals surface area (Å²) in [6.07, 6.45) is 0.639. The zero-order chi connectivity index (χ0) is 14.0. The van der Waals surface area contributed by atoms with Crippen LogP contribution in [-0.4, -0.2) is 18.3 Å². The van der Waals surface area contributed by atoms with Crippen molar-refractivity contribution in [3.63, 3.8) is 0 Å². The number of rotatable bonds is 4. The molecule has 1 amide bonds. The monoisotopic (exact) mass is 259 g/mol. The van der Waals surface area contributed by atoms with Crippen molar-refractivity contribution in [2.75, 3.05) is 11.9 Å². The number of fused-ring (bicyclic) bond motifs is 1. The van der Waals surface area contributed by atoms with Crippen LogP contribution in [-0.2, 0) is 9.53 Å². The van der Waals surface area contributed by atoms with Crippen LogP contribution in [0, 0.1) is 0 Å². The number of ketones is 1. The molecule has 2 rings (SSSR count). The fourth-order valence-electron chi connectivity index (χ4n) is 2.19. The smallest absolute Gasteiger partial charge is 0.259 e. The van der Waals surface area contributed by atoms with Crippen molar-refractivity contribution in [3.8, 4) is 0 Å². The largest absolute Gasteiger partial charge is 0.497 e. The minimum absolute atomic E-state index is 0.0176. The molecular weight excluding hydrogens is 242 g/mol. The van der Waals surface area contributed by atoms with Gasteiger partial charge in [-0.1, -0.05) is 6.92 Å². The maximum Gasteiger partial charge on any atom is 0.259 e. The molecule has 1 N–H and O–H groups in total. The molecule has 0 atom stereocenters. The molecule has 100 valence electrons. The number of hydrogen-bond donors (Lipinski definition) is 1. The van der Waals surface area contributed by atoms with E-state index in [-0.39, 0.29) is 11.7 Å². The van der Waals surface area contributed by atoms with Crippen LogP contribution >= 0.6 is 0 Å². The number of ether oxygens (including phenoxy) is 1. The van der Waals surface area contributed by atoms with Gasteiger partial charge in [0.25, 0.3) is 5.91 Å². The van der Waals surface area contributed by atoms with Crippen molar-refractivity contribution in [2.45, 2.75) is 27.2 Å². The summed E-state index contributed by atoms with van der Waals surface area (Å²) in [7, 11) is 0. The molecule has 1 aromatic rings. The van der Waals surface area contributed by atoms with E-state index in [0.29, 0.717) is 29.9 Å². The highest BCUT2D eigenvalue weighted by molar-refractivity contribution is 6.32. The molecule has 0 saturated heterocycles. The Morgan fingerprint density at radius 3 is 2.63 bits per heavy atom. The molecule has 0 bridgehead atoms. The van der Waals surface area contributed by atoms with Gasteiger partial charge < -0.3 is 10.1 Å². The minimum Gasteiger partial charge on any atom is -0.497 e. The molecule has 0 spiro atoms. The predicted molar refractivity (Wildman–Crippen MR) is 73.9 cm³/mol. The van der Waals surface area contributed by atoms with Crippen molar-refractivity contribution in [2.24, 2.45) is 0 Å². The number of benzene rings is 1. The van der Waals surface area contributed by atoms with Crippen molar-refractivity contribution in [3.05, 3.63) is 35.1 Å². The van der Waals surface area contributed by atoms with Gasteiger partial charge in [0.15, 0.2) is 5.78 Å². The van der Waals surface area contributed by atoms with Crippen LogP contribution in [0.2, 0.25) is 0 Å². The molecule has 4 nitrogen and oxygen atoms in total. The Morgan fingerprint density at radius 1 is 1.32 bits per heavy atom. The van der Waals surface area contributed by atoms with Gasteiger partial charge in [-0.05, 0) is 32.0 Å². The van der Waals surface area contributed by atoms with E-state index in [4.69, 9.17) is 4.74 Å². The van der Waals surface area contributed by atoms with Crippen LogP contribution in [0.5, 0.6) is 0 Å². The van der Waals surface area contributed by atoms with Gasteiger partial charge >= 0.3 is 0 Å². The van der Waals surface area contributed by atoms with Crippen molar-refractivity contribution in [1.29, 1.82) is 0 Å². The van der Waals surface area contributed by atoms with Gasteiger partial charge in [-0.25, -0.2) is 0 Å². The van der Waals surface area contributed by atoms with E-state index in [1.165, 1.54) is 6.92 Å². The molecule has 4 heteroatoms. The molecule has 19 heavy (non-hydrogen) atoms. The summed E-state index contributed by atoms with van der Waals surface area (Å²) in [4.78, 5) is 23.5. The Kier molecular flexibility index (Phi) is 3.69. The molecular formula is C15H17NO3. The van der Waals surface area contributed by atoms with Gasteiger partial charge in [0.1, 0.15) is 5.76 Å². The Labute approximate surface area is 112 Å². The van der Waals surface area contributed by atoms with Gasteiger partial charge in [-0.15, -0.1) is 0 Å². The number of nitrogens with one attached hydrogen (secondary N) is 1. The van der Waals surface area contributed by atoms with Gasteiger partial charge in [0.05, 0.1) is 12.2 Å². The lowest BCUT2D eigenvalue weighted by molar-refractivity contribution is -0.111. The van der Waals surface area contributed by atoms with Crippen LogP contribution in [0.3, 0.4) is 0 Å². The van der Waals surface area contributed by atoms with Crippen molar-refractivity contribution in [1.82, 2.24) is 0 Å². The van der Waals surface area contributed by atoms with Crippen LogP contribution in [0.1, 0.15) is 43.1 Å². The Morgan fingerprint density at radius 2 is 2.05 bits per heavy atom. The van der Waals surface area contributed by atoms with Crippen LogP contribution in [0.15, 0.2) is 24.0 Å². The van der Waals surface area contributed by atoms with Gasteiger partial charge in [-0.3, -0.25) is 9.59 Å². The molecule has 1 aromatic carbocycles. The summed E-state index contributed by atoms with van der Waals surface area (Å²) in [5.74, 6) is 0.483. The topological polar surface area (TPSA) is 55.4 Å².